The summed E-state index contributed by atoms with van der Waals surface area (Å²) >= 11 is 0. The van der Waals surface area contributed by atoms with Crippen molar-refractivity contribution in [1.82, 2.24) is 14.9 Å². The first-order valence-corrected chi connectivity index (χ1v) is 8.39. The van der Waals surface area contributed by atoms with Crippen LogP contribution < -0.4 is 10.4 Å². The number of nitrogens with one attached hydrogen (secondary N) is 1. The van der Waals surface area contributed by atoms with Gasteiger partial charge in [0.1, 0.15) is 5.60 Å². The van der Waals surface area contributed by atoms with Crippen molar-refractivity contribution < 1.29 is 19.4 Å². The van der Waals surface area contributed by atoms with E-state index in [0.29, 0.717) is 25.8 Å². The Morgan fingerprint density at radius 1 is 1.42 bits per heavy atom. The van der Waals surface area contributed by atoms with Gasteiger partial charge in [-0.1, -0.05) is 6.92 Å². The summed E-state index contributed by atoms with van der Waals surface area (Å²) in [7, 11) is 0. The van der Waals surface area contributed by atoms with E-state index in [1.165, 1.54) is 0 Å². The summed E-state index contributed by atoms with van der Waals surface area (Å²) in [6.45, 7) is 8.66. The summed E-state index contributed by atoms with van der Waals surface area (Å²) in [5.74, 6) is -1.70. The topological polar surface area (TPSA) is 96.3 Å². The molecule has 0 aliphatic carbocycles. The highest BCUT2D eigenvalue weighted by molar-refractivity contribution is 5.68. The van der Waals surface area contributed by atoms with Crippen LogP contribution >= 0.6 is 0 Å². The average Bonchev–Trinajstić information content (AvgIpc) is 2.88. The standard InChI is InChI=1S/C17H29N3O4/c1-5-9-20-11-14(19-12-20)10-13(15(21)22)7-6-8-18-16(23)24-17(2,3)4/h11-13H,5-10H2,1-4H3,(H,18,23)(H,21,22)/p-1. The molecule has 0 radical (unpaired) electrons. The smallest absolute Gasteiger partial charge is 0.407 e. The van der Waals surface area contributed by atoms with Gasteiger partial charge >= 0.3 is 6.09 Å². The number of carboxylic acid groups (broad SMARTS) is 1. The maximum absolute atomic E-state index is 11.5. The second-order valence-corrected chi connectivity index (χ2v) is 6.89. The molecule has 1 aromatic rings. The maximum Gasteiger partial charge on any atom is 0.407 e. The SMILES string of the molecule is CCCn1cnc(CC(CCCNC(=O)OC(C)(C)C)C(=O)[O-])c1. The van der Waals surface area contributed by atoms with Crippen molar-refractivity contribution >= 4 is 12.1 Å². The maximum atomic E-state index is 11.5. The highest BCUT2D eigenvalue weighted by atomic mass is 16.6. The number of hydrogen-bond acceptors (Lipinski definition) is 5. The van der Waals surface area contributed by atoms with Crippen LogP contribution in [0.1, 0.15) is 52.7 Å². The van der Waals surface area contributed by atoms with Gasteiger partial charge in [0, 0.05) is 31.2 Å². The third kappa shape index (κ3) is 7.99. The third-order valence-corrected chi connectivity index (χ3v) is 3.35. The van der Waals surface area contributed by atoms with Gasteiger partial charge in [0.15, 0.2) is 0 Å². The van der Waals surface area contributed by atoms with E-state index in [9.17, 15) is 14.7 Å². The normalized spacial score (nSPS) is 12.7. The Bertz CT molecular complexity index is 534. The van der Waals surface area contributed by atoms with Crippen LogP contribution in [0.15, 0.2) is 12.5 Å². The van der Waals surface area contributed by atoms with Crippen molar-refractivity contribution in [2.75, 3.05) is 6.54 Å². The molecule has 0 spiro atoms. The van der Waals surface area contributed by atoms with Crippen LogP contribution in [0, 0.1) is 5.92 Å². The lowest BCUT2D eigenvalue weighted by atomic mass is 9.98. The zero-order chi connectivity index (χ0) is 18.2. The van der Waals surface area contributed by atoms with Gasteiger partial charge in [-0.05, 0) is 46.5 Å². The van der Waals surface area contributed by atoms with Gasteiger partial charge in [0.2, 0.25) is 0 Å². The molecule has 7 nitrogen and oxygen atoms in total. The molecule has 0 saturated carbocycles. The summed E-state index contributed by atoms with van der Waals surface area (Å²) in [5, 5.41) is 13.9. The van der Waals surface area contributed by atoms with E-state index < -0.39 is 23.6 Å². The second kappa shape index (κ2) is 9.30. The number of rotatable bonds is 9. The number of aryl methyl sites for hydroxylation is 1. The molecule has 1 aromatic heterocycles. The lowest BCUT2D eigenvalue weighted by Crippen LogP contribution is -2.35. The minimum atomic E-state index is -1.09. The fraction of sp³-hybridized carbons (Fsp3) is 0.706. The molecule has 136 valence electrons. The number of carboxylic acids is 1. The Kier molecular flexibility index (Phi) is 7.74. The van der Waals surface area contributed by atoms with Crippen LogP contribution in [0.3, 0.4) is 0 Å². The minimum absolute atomic E-state index is 0.339. The van der Waals surface area contributed by atoms with E-state index in [1.807, 2.05) is 10.8 Å². The Morgan fingerprint density at radius 3 is 2.71 bits per heavy atom. The van der Waals surface area contributed by atoms with E-state index in [2.05, 4.69) is 17.2 Å². The van der Waals surface area contributed by atoms with Crippen LogP contribution in [-0.2, 0) is 22.5 Å². The summed E-state index contributed by atoms with van der Waals surface area (Å²) in [6.07, 6.45) is 5.38. The van der Waals surface area contributed by atoms with E-state index in [4.69, 9.17) is 4.74 Å². The van der Waals surface area contributed by atoms with Gasteiger partial charge < -0.3 is 24.5 Å². The van der Waals surface area contributed by atoms with Crippen molar-refractivity contribution in [3.05, 3.63) is 18.2 Å². The summed E-state index contributed by atoms with van der Waals surface area (Å²) in [4.78, 5) is 27.0. The van der Waals surface area contributed by atoms with E-state index in [-0.39, 0.29) is 0 Å². The van der Waals surface area contributed by atoms with Crippen LogP contribution in [0.4, 0.5) is 4.79 Å². The monoisotopic (exact) mass is 338 g/mol. The second-order valence-electron chi connectivity index (χ2n) is 6.89. The number of carbonyl (C=O) groups excluding carboxylic acids is 2. The zero-order valence-electron chi connectivity index (χ0n) is 15.0. The van der Waals surface area contributed by atoms with Gasteiger partial charge in [-0.2, -0.15) is 0 Å². The van der Waals surface area contributed by atoms with Gasteiger partial charge in [-0.3, -0.25) is 0 Å². The Morgan fingerprint density at radius 2 is 2.12 bits per heavy atom. The van der Waals surface area contributed by atoms with Gasteiger partial charge in [-0.25, -0.2) is 9.78 Å². The number of hydrogen-bond donors (Lipinski definition) is 1. The van der Waals surface area contributed by atoms with Crippen LogP contribution in [-0.4, -0.2) is 33.8 Å². The number of carbonyl (C=O) groups is 2. The molecule has 1 atom stereocenters. The summed E-state index contributed by atoms with van der Waals surface area (Å²) in [5.41, 5.74) is 0.201. The van der Waals surface area contributed by atoms with Crippen LogP contribution in [0.25, 0.3) is 0 Å². The molecule has 0 saturated heterocycles. The third-order valence-electron chi connectivity index (χ3n) is 3.35. The number of imidazole rings is 1. The fourth-order valence-electron chi connectivity index (χ4n) is 2.30. The quantitative estimate of drug-likeness (QED) is 0.688. The lowest BCUT2D eigenvalue weighted by molar-refractivity contribution is -0.311. The highest BCUT2D eigenvalue weighted by Gasteiger charge is 2.16. The Labute approximate surface area is 143 Å². The minimum Gasteiger partial charge on any atom is -0.550 e. The van der Waals surface area contributed by atoms with Crippen molar-refractivity contribution in [2.45, 2.75) is 65.5 Å². The molecular formula is C17H28N3O4-. The molecule has 0 fully saturated rings. The molecule has 0 bridgehead atoms. The highest BCUT2D eigenvalue weighted by Crippen LogP contribution is 2.13. The number of nitrogens with zero attached hydrogens (tertiary/aromatic N) is 2. The summed E-state index contributed by atoms with van der Waals surface area (Å²) in [6, 6.07) is 0. The average molecular weight is 338 g/mol. The zero-order valence-corrected chi connectivity index (χ0v) is 15.0. The molecule has 24 heavy (non-hydrogen) atoms. The Balaban J connectivity index is 2.38. The number of aliphatic carboxylic acids is 1. The fourth-order valence-corrected chi connectivity index (χ4v) is 2.30. The molecule has 0 aliphatic rings. The predicted molar refractivity (Wildman–Crippen MR) is 88.2 cm³/mol. The van der Waals surface area contributed by atoms with E-state index in [1.54, 1.807) is 27.1 Å². The first-order chi connectivity index (χ1) is 11.2. The molecule has 1 rings (SSSR count). The van der Waals surface area contributed by atoms with Gasteiger partial charge in [-0.15, -0.1) is 0 Å². The van der Waals surface area contributed by atoms with E-state index in [0.717, 1.165) is 18.7 Å². The number of aromatic nitrogens is 2. The molecular weight excluding hydrogens is 310 g/mol. The number of amides is 1. The molecule has 1 unspecified atom stereocenters. The number of alkyl carbamates (subject to hydrolysis) is 1. The van der Waals surface area contributed by atoms with Crippen LogP contribution in [0.5, 0.6) is 0 Å². The first-order valence-electron chi connectivity index (χ1n) is 8.39. The van der Waals surface area contributed by atoms with E-state index >= 15 is 0 Å². The Hall–Kier alpha value is -2.05. The number of ether oxygens (including phenoxy) is 1. The van der Waals surface area contributed by atoms with Gasteiger partial charge in [0.25, 0.3) is 0 Å². The van der Waals surface area contributed by atoms with Crippen molar-refractivity contribution in [3.63, 3.8) is 0 Å². The van der Waals surface area contributed by atoms with Crippen molar-refractivity contribution in [2.24, 2.45) is 5.92 Å². The lowest BCUT2D eigenvalue weighted by Gasteiger charge is -2.20. The van der Waals surface area contributed by atoms with Gasteiger partial charge in [0.05, 0.1) is 12.0 Å². The van der Waals surface area contributed by atoms with Crippen molar-refractivity contribution in [1.29, 1.82) is 0 Å². The van der Waals surface area contributed by atoms with Crippen LogP contribution in [0.2, 0.25) is 0 Å². The largest absolute Gasteiger partial charge is 0.550 e. The molecule has 0 aliphatic heterocycles. The molecule has 7 heteroatoms. The molecule has 1 heterocycles. The van der Waals surface area contributed by atoms with Crippen molar-refractivity contribution in [3.8, 4) is 0 Å². The molecule has 0 aromatic carbocycles. The molecule has 1 N–H and O–H groups in total. The molecule has 1 amide bonds. The predicted octanol–water partition coefficient (Wildman–Crippen LogP) is 1.51. The first kappa shape index (κ1) is 20.0. The summed E-state index contributed by atoms with van der Waals surface area (Å²) < 4.78 is 7.07.